The van der Waals surface area contributed by atoms with Crippen LogP contribution in [0.3, 0.4) is 0 Å². The van der Waals surface area contributed by atoms with Crippen LogP contribution in [0.1, 0.15) is 56.8 Å². The monoisotopic (exact) mass is 288 g/mol. The van der Waals surface area contributed by atoms with Gasteiger partial charge < -0.3 is 10.1 Å². The minimum atomic E-state index is 0.401. The van der Waals surface area contributed by atoms with Gasteiger partial charge in [0.05, 0.1) is 11.8 Å². The van der Waals surface area contributed by atoms with Gasteiger partial charge in [-0.3, -0.25) is 4.98 Å². The van der Waals surface area contributed by atoms with Crippen molar-refractivity contribution in [2.24, 2.45) is 5.41 Å². The number of rotatable bonds is 5. The minimum Gasteiger partial charge on any atom is -0.378 e. The van der Waals surface area contributed by atoms with Gasteiger partial charge in [0.25, 0.3) is 0 Å². The third-order valence-electron chi connectivity index (χ3n) is 5.41. The van der Waals surface area contributed by atoms with E-state index in [0.29, 0.717) is 17.6 Å². The molecule has 1 heterocycles. The van der Waals surface area contributed by atoms with E-state index in [9.17, 15) is 0 Å². The van der Waals surface area contributed by atoms with Crippen LogP contribution in [0.25, 0.3) is 0 Å². The average molecular weight is 288 g/mol. The molecule has 2 atom stereocenters. The summed E-state index contributed by atoms with van der Waals surface area (Å²) in [4.78, 5) is 4.60. The molecular weight excluding hydrogens is 260 g/mol. The molecule has 2 fully saturated rings. The first kappa shape index (κ1) is 15.0. The van der Waals surface area contributed by atoms with E-state index in [0.717, 1.165) is 24.5 Å². The number of hydrogen-bond acceptors (Lipinski definition) is 3. The van der Waals surface area contributed by atoms with Gasteiger partial charge in [0.15, 0.2) is 0 Å². The summed E-state index contributed by atoms with van der Waals surface area (Å²) in [6, 6.07) is 6.88. The summed E-state index contributed by atoms with van der Waals surface area (Å²) in [7, 11) is 0. The van der Waals surface area contributed by atoms with Gasteiger partial charge in [0.1, 0.15) is 0 Å². The summed E-state index contributed by atoms with van der Waals surface area (Å²) >= 11 is 0. The predicted molar refractivity (Wildman–Crippen MR) is 85.2 cm³/mol. The van der Waals surface area contributed by atoms with Crippen LogP contribution in [0.4, 0.5) is 0 Å². The molecule has 2 saturated carbocycles. The maximum Gasteiger partial charge on any atom is 0.0661 e. The molecule has 1 aromatic rings. The molecule has 0 amide bonds. The van der Waals surface area contributed by atoms with Crippen LogP contribution in [0.15, 0.2) is 18.2 Å². The SMILES string of the molecule is CCOC1CC(NCc2cccc(C)n2)C12CCCCC2. The Labute approximate surface area is 128 Å². The van der Waals surface area contributed by atoms with Crippen molar-refractivity contribution in [1.82, 2.24) is 10.3 Å². The summed E-state index contributed by atoms with van der Waals surface area (Å²) in [6.45, 7) is 5.90. The molecule has 1 spiro atoms. The third kappa shape index (κ3) is 3.00. The van der Waals surface area contributed by atoms with Crippen molar-refractivity contribution >= 4 is 0 Å². The lowest BCUT2D eigenvalue weighted by Gasteiger charge is -2.58. The molecule has 0 saturated heterocycles. The van der Waals surface area contributed by atoms with Crippen molar-refractivity contribution in [2.45, 2.75) is 71.1 Å². The van der Waals surface area contributed by atoms with E-state index in [1.54, 1.807) is 0 Å². The van der Waals surface area contributed by atoms with Gasteiger partial charge in [-0.15, -0.1) is 0 Å². The highest BCUT2D eigenvalue weighted by Crippen LogP contribution is 2.53. The average Bonchev–Trinajstić information content (AvgIpc) is 2.51. The molecule has 3 nitrogen and oxygen atoms in total. The van der Waals surface area contributed by atoms with Gasteiger partial charge in [-0.2, -0.15) is 0 Å². The van der Waals surface area contributed by atoms with Gasteiger partial charge in [-0.25, -0.2) is 0 Å². The van der Waals surface area contributed by atoms with Gasteiger partial charge in [-0.1, -0.05) is 25.3 Å². The fourth-order valence-corrected chi connectivity index (χ4v) is 4.28. The Kier molecular flexibility index (Phi) is 4.60. The Morgan fingerprint density at radius 1 is 1.29 bits per heavy atom. The Morgan fingerprint density at radius 2 is 2.10 bits per heavy atom. The second kappa shape index (κ2) is 6.45. The Bertz CT molecular complexity index is 468. The lowest BCUT2D eigenvalue weighted by atomic mass is 9.55. The fourth-order valence-electron chi connectivity index (χ4n) is 4.28. The second-order valence-corrected chi connectivity index (χ2v) is 6.68. The lowest BCUT2D eigenvalue weighted by molar-refractivity contribution is -0.150. The molecule has 0 aromatic carbocycles. The normalized spacial score (nSPS) is 27.5. The zero-order valence-electron chi connectivity index (χ0n) is 13.4. The van der Waals surface area contributed by atoms with Gasteiger partial charge in [0, 0.05) is 30.3 Å². The molecule has 0 radical (unpaired) electrons. The molecule has 0 bridgehead atoms. The number of nitrogens with one attached hydrogen (secondary N) is 1. The summed E-state index contributed by atoms with van der Waals surface area (Å²) < 4.78 is 6.02. The maximum atomic E-state index is 6.02. The molecule has 116 valence electrons. The Hall–Kier alpha value is -0.930. The zero-order chi connectivity index (χ0) is 14.7. The number of aromatic nitrogens is 1. The number of nitrogens with zero attached hydrogens (tertiary/aromatic N) is 1. The lowest BCUT2D eigenvalue weighted by Crippen LogP contribution is -2.64. The Balaban J connectivity index is 1.62. The highest BCUT2D eigenvalue weighted by Gasteiger charge is 2.55. The van der Waals surface area contributed by atoms with Gasteiger partial charge in [0.2, 0.25) is 0 Å². The van der Waals surface area contributed by atoms with Crippen LogP contribution in [-0.2, 0) is 11.3 Å². The number of ether oxygens (including phenoxy) is 1. The number of aryl methyl sites for hydroxylation is 1. The molecule has 2 aliphatic carbocycles. The maximum absolute atomic E-state index is 6.02. The topological polar surface area (TPSA) is 34.1 Å². The predicted octanol–water partition coefficient (Wildman–Crippen LogP) is 3.61. The molecule has 3 rings (SSSR count). The molecule has 0 aliphatic heterocycles. The molecule has 1 N–H and O–H groups in total. The fraction of sp³-hybridized carbons (Fsp3) is 0.722. The van der Waals surface area contributed by atoms with Crippen molar-refractivity contribution in [3.8, 4) is 0 Å². The van der Waals surface area contributed by atoms with Crippen LogP contribution in [0, 0.1) is 12.3 Å². The van der Waals surface area contributed by atoms with E-state index in [2.05, 4.69) is 42.3 Å². The first-order valence-corrected chi connectivity index (χ1v) is 8.52. The molecule has 2 unspecified atom stereocenters. The van der Waals surface area contributed by atoms with Crippen LogP contribution in [-0.4, -0.2) is 23.7 Å². The van der Waals surface area contributed by atoms with Crippen LogP contribution < -0.4 is 5.32 Å². The molecule has 3 heteroatoms. The molecule has 2 aliphatic rings. The summed E-state index contributed by atoms with van der Waals surface area (Å²) in [5, 5.41) is 3.77. The largest absolute Gasteiger partial charge is 0.378 e. The molecule has 1 aromatic heterocycles. The summed E-state index contributed by atoms with van der Waals surface area (Å²) in [5.74, 6) is 0. The number of hydrogen-bond donors (Lipinski definition) is 1. The third-order valence-corrected chi connectivity index (χ3v) is 5.41. The van der Waals surface area contributed by atoms with E-state index in [1.807, 2.05) is 0 Å². The quantitative estimate of drug-likeness (QED) is 0.899. The van der Waals surface area contributed by atoms with Crippen molar-refractivity contribution in [1.29, 1.82) is 0 Å². The summed E-state index contributed by atoms with van der Waals surface area (Å²) in [5.41, 5.74) is 2.65. The van der Waals surface area contributed by atoms with Crippen LogP contribution >= 0.6 is 0 Å². The Morgan fingerprint density at radius 3 is 2.81 bits per heavy atom. The summed E-state index contributed by atoms with van der Waals surface area (Å²) in [6.07, 6.45) is 8.43. The van der Waals surface area contributed by atoms with Gasteiger partial charge in [-0.05, 0) is 45.2 Å². The van der Waals surface area contributed by atoms with E-state index in [-0.39, 0.29) is 0 Å². The highest BCUT2D eigenvalue weighted by molar-refractivity contribution is 5.12. The van der Waals surface area contributed by atoms with Crippen LogP contribution in [0.2, 0.25) is 0 Å². The minimum absolute atomic E-state index is 0.401. The van der Waals surface area contributed by atoms with Crippen molar-refractivity contribution in [3.63, 3.8) is 0 Å². The van der Waals surface area contributed by atoms with E-state index in [1.165, 1.54) is 38.5 Å². The van der Waals surface area contributed by atoms with Crippen molar-refractivity contribution < 1.29 is 4.74 Å². The smallest absolute Gasteiger partial charge is 0.0661 e. The first-order valence-electron chi connectivity index (χ1n) is 8.52. The number of pyridine rings is 1. The standard InChI is InChI=1S/C18H28N2O/c1-3-21-17-12-16(18(17)10-5-4-6-11-18)19-13-15-9-7-8-14(2)20-15/h7-9,16-17,19H,3-6,10-13H2,1-2H3. The zero-order valence-corrected chi connectivity index (χ0v) is 13.4. The van der Waals surface area contributed by atoms with E-state index >= 15 is 0 Å². The van der Waals surface area contributed by atoms with Crippen LogP contribution in [0.5, 0.6) is 0 Å². The van der Waals surface area contributed by atoms with Crippen molar-refractivity contribution in [2.75, 3.05) is 6.61 Å². The highest BCUT2D eigenvalue weighted by atomic mass is 16.5. The second-order valence-electron chi connectivity index (χ2n) is 6.68. The molecular formula is C18H28N2O. The van der Waals surface area contributed by atoms with Gasteiger partial charge >= 0.3 is 0 Å². The van der Waals surface area contributed by atoms with E-state index < -0.39 is 0 Å². The van der Waals surface area contributed by atoms with E-state index in [4.69, 9.17) is 4.74 Å². The first-order chi connectivity index (χ1) is 10.2. The van der Waals surface area contributed by atoms with Crippen molar-refractivity contribution in [3.05, 3.63) is 29.6 Å². The molecule has 21 heavy (non-hydrogen) atoms.